The summed E-state index contributed by atoms with van der Waals surface area (Å²) in [6, 6.07) is 7.83. The SMILES string of the molecule is CN=C(NCCCn1cccn1)NCCNC(=O)Cc1ccc(F)cc1. The molecular formula is C18H25FN6O. The molecule has 0 aliphatic heterocycles. The summed E-state index contributed by atoms with van der Waals surface area (Å²) >= 11 is 0. The summed E-state index contributed by atoms with van der Waals surface area (Å²) in [6.07, 6.45) is 4.86. The first kappa shape index (κ1) is 19.4. The van der Waals surface area contributed by atoms with Gasteiger partial charge in [-0.3, -0.25) is 14.5 Å². The number of rotatable bonds is 9. The highest BCUT2D eigenvalue weighted by atomic mass is 19.1. The molecule has 0 aliphatic carbocycles. The second kappa shape index (κ2) is 10.9. The molecule has 7 nitrogen and oxygen atoms in total. The molecule has 140 valence electrons. The van der Waals surface area contributed by atoms with Crippen molar-refractivity contribution in [3.63, 3.8) is 0 Å². The topological polar surface area (TPSA) is 83.3 Å². The van der Waals surface area contributed by atoms with Gasteiger partial charge in [0.05, 0.1) is 6.42 Å². The highest BCUT2D eigenvalue weighted by molar-refractivity contribution is 5.80. The van der Waals surface area contributed by atoms with Crippen LogP contribution < -0.4 is 16.0 Å². The summed E-state index contributed by atoms with van der Waals surface area (Å²) in [7, 11) is 1.70. The van der Waals surface area contributed by atoms with Gasteiger partial charge in [-0.1, -0.05) is 12.1 Å². The third-order valence-electron chi connectivity index (χ3n) is 3.66. The molecule has 1 heterocycles. The van der Waals surface area contributed by atoms with Crippen molar-refractivity contribution in [3.8, 4) is 0 Å². The quantitative estimate of drug-likeness (QED) is 0.353. The van der Waals surface area contributed by atoms with Crippen LogP contribution in [-0.2, 0) is 17.8 Å². The Balaban J connectivity index is 1.55. The Morgan fingerprint density at radius 2 is 1.88 bits per heavy atom. The standard InChI is InChI=1S/C18H25FN6O/c1-20-18(22-8-2-12-25-13-3-9-24-25)23-11-10-21-17(26)14-15-4-6-16(19)7-5-15/h3-7,9,13H,2,8,10-12,14H2,1H3,(H,21,26)(H2,20,22,23). The number of aryl methyl sites for hydroxylation is 1. The molecule has 0 saturated heterocycles. The average Bonchev–Trinajstić information content (AvgIpc) is 3.16. The van der Waals surface area contributed by atoms with Crippen molar-refractivity contribution in [2.75, 3.05) is 26.7 Å². The molecule has 1 amide bonds. The first-order valence-electron chi connectivity index (χ1n) is 8.60. The number of aliphatic imine (C=N–C) groups is 1. The molecule has 2 aromatic rings. The normalized spacial score (nSPS) is 11.2. The first-order valence-corrected chi connectivity index (χ1v) is 8.60. The van der Waals surface area contributed by atoms with Gasteiger partial charge in [0.1, 0.15) is 5.82 Å². The van der Waals surface area contributed by atoms with Crippen LogP contribution in [0.5, 0.6) is 0 Å². The Labute approximate surface area is 152 Å². The van der Waals surface area contributed by atoms with Crippen LogP contribution in [-0.4, -0.2) is 48.3 Å². The molecule has 0 bridgehead atoms. The molecule has 0 aliphatic rings. The van der Waals surface area contributed by atoms with Gasteiger partial charge in [-0.25, -0.2) is 4.39 Å². The van der Waals surface area contributed by atoms with Crippen molar-refractivity contribution in [2.24, 2.45) is 4.99 Å². The van der Waals surface area contributed by atoms with Crippen LogP contribution in [0.15, 0.2) is 47.7 Å². The number of hydrogen-bond acceptors (Lipinski definition) is 3. The maximum atomic E-state index is 12.8. The van der Waals surface area contributed by atoms with Crippen LogP contribution >= 0.6 is 0 Å². The van der Waals surface area contributed by atoms with E-state index in [1.807, 2.05) is 16.9 Å². The van der Waals surface area contributed by atoms with Crippen molar-refractivity contribution in [3.05, 3.63) is 54.1 Å². The van der Waals surface area contributed by atoms with Gasteiger partial charge in [-0.05, 0) is 30.2 Å². The molecule has 2 rings (SSSR count). The van der Waals surface area contributed by atoms with Crippen molar-refractivity contribution < 1.29 is 9.18 Å². The number of amides is 1. The maximum absolute atomic E-state index is 12.8. The van der Waals surface area contributed by atoms with Crippen LogP contribution in [0.4, 0.5) is 4.39 Å². The molecule has 0 unspecified atom stereocenters. The number of carbonyl (C=O) groups is 1. The van der Waals surface area contributed by atoms with E-state index in [0.29, 0.717) is 19.0 Å². The number of benzene rings is 1. The third-order valence-corrected chi connectivity index (χ3v) is 3.66. The number of aromatic nitrogens is 2. The second-order valence-corrected chi connectivity index (χ2v) is 5.70. The molecule has 0 saturated carbocycles. The molecule has 0 atom stereocenters. The summed E-state index contributed by atoms with van der Waals surface area (Å²) in [5.74, 6) is 0.292. The van der Waals surface area contributed by atoms with Gasteiger partial charge < -0.3 is 16.0 Å². The first-order chi connectivity index (χ1) is 12.7. The molecule has 3 N–H and O–H groups in total. The lowest BCUT2D eigenvalue weighted by Gasteiger charge is -2.12. The lowest BCUT2D eigenvalue weighted by atomic mass is 10.1. The third kappa shape index (κ3) is 7.33. The summed E-state index contributed by atoms with van der Waals surface area (Å²) < 4.78 is 14.7. The minimum atomic E-state index is -0.304. The van der Waals surface area contributed by atoms with Crippen LogP contribution in [0.25, 0.3) is 0 Å². The van der Waals surface area contributed by atoms with Gasteiger partial charge in [0.2, 0.25) is 5.91 Å². The predicted molar refractivity (Wildman–Crippen MR) is 99.3 cm³/mol. The van der Waals surface area contributed by atoms with Crippen molar-refractivity contribution in [1.29, 1.82) is 0 Å². The molecule has 1 aromatic heterocycles. The molecule has 26 heavy (non-hydrogen) atoms. The van der Waals surface area contributed by atoms with Gasteiger partial charge in [-0.2, -0.15) is 5.10 Å². The van der Waals surface area contributed by atoms with Crippen molar-refractivity contribution in [2.45, 2.75) is 19.4 Å². The van der Waals surface area contributed by atoms with E-state index < -0.39 is 0 Å². The Morgan fingerprint density at radius 1 is 1.15 bits per heavy atom. The molecule has 0 spiro atoms. The molecular weight excluding hydrogens is 335 g/mol. The highest BCUT2D eigenvalue weighted by Crippen LogP contribution is 2.03. The van der Waals surface area contributed by atoms with E-state index in [-0.39, 0.29) is 18.1 Å². The summed E-state index contributed by atoms with van der Waals surface area (Å²) in [4.78, 5) is 16.0. The Bertz CT molecular complexity index is 684. The Hall–Kier alpha value is -2.90. The van der Waals surface area contributed by atoms with Crippen LogP contribution in [0.2, 0.25) is 0 Å². The predicted octanol–water partition coefficient (Wildman–Crippen LogP) is 0.936. The summed E-state index contributed by atoms with van der Waals surface area (Å²) in [5.41, 5.74) is 0.784. The van der Waals surface area contributed by atoms with E-state index in [0.717, 1.165) is 25.1 Å². The molecule has 8 heteroatoms. The second-order valence-electron chi connectivity index (χ2n) is 5.70. The van der Waals surface area contributed by atoms with E-state index in [4.69, 9.17) is 0 Å². The lowest BCUT2D eigenvalue weighted by molar-refractivity contribution is -0.120. The van der Waals surface area contributed by atoms with Gasteiger partial charge in [0.25, 0.3) is 0 Å². The van der Waals surface area contributed by atoms with Crippen LogP contribution in [0, 0.1) is 5.82 Å². The lowest BCUT2D eigenvalue weighted by Crippen LogP contribution is -2.42. The van der Waals surface area contributed by atoms with Crippen LogP contribution in [0.1, 0.15) is 12.0 Å². The van der Waals surface area contributed by atoms with Crippen molar-refractivity contribution in [1.82, 2.24) is 25.7 Å². The summed E-state index contributed by atoms with van der Waals surface area (Å²) in [6.45, 7) is 2.66. The van der Waals surface area contributed by atoms with Crippen molar-refractivity contribution >= 4 is 11.9 Å². The smallest absolute Gasteiger partial charge is 0.224 e. The fourth-order valence-electron chi connectivity index (χ4n) is 2.33. The number of carbonyl (C=O) groups excluding carboxylic acids is 1. The number of nitrogens with one attached hydrogen (secondary N) is 3. The minimum absolute atomic E-state index is 0.0967. The molecule has 1 aromatic carbocycles. The van der Waals surface area contributed by atoms with E-state index >= 15 is 0 Å². The Kier molecular flexibility index (Phi) is 8.11. The average molecular weight is 360 g/mol. The van der Waals surface area contributed by atoms with E-state index in [1.54, 1.807) is 25.4 Å². The zero-order chi connectivity index (χ0) is 18.6. The van der Waals surface area contributed by atoms with Gasteiger partial charge in [0.15, 0.2) is 5.96 Å². The largest absolute Gasteiger partial charge is 0.356 e. The molecule has 0 fully saturated rings. The monoisotopic (exact) mass is 360 g/mol. The fourth-order valence-corrected chi connectivity index (χ4v) is 2.33. The summed E-state index contributed by atoms with van der Waals surface area (Å²) in [5, 5.41) is 13.3. The van der Waals surface area contributed by atoms with Gasteiger partial charge in [-0.15, -0.1) is 0 Å². The minimum Gasteiger partial charge on any atom is -0.356 e. The Morgan fingerprint density at radius 3 is 2.58 bits per heavy atom. The van der Waals surface area contributed by atoms with Crippen LogP contribution in [0.3, 0.4) is 0 Å². The molecule has 0 radical (unpaired) electrons. The van der Waals surface area contributed by atoms with E-state index in [1.165, 1.54) is 12.1 Å². The van der Waals surface area contributed by atoms with Gasteiger partial charge in [0, 0.05) is 45.6 Å². The maximum Gasteiger partial charge on any atom is 0.224 e. The zero-order valence-corrected chi connectivity index (χ0v) is 14.9. The zero-order valence-electron chi connectivity index (χ0n) is 14.9. The number of halogens is 1. The fraction of sp³-hybridized carbons (Fsp3) is 0.389. The number of guanidine groups is 1. The number of hydrogen-bond donors (Lipinski definition) is 3. The van der Waals surface area contributed by atoms with E-state index in [9.17, 15) is 9.18 Å². The number of nitrogens with zero attached hydrogens (tertiary/aromatic N) is 3. The van der Waals surface area contributed by atoms with Gasteiger partial charge >= 0.3 is 0 Å². The highest BCUT2D eigenvalue weighted by Gasteiger charge is 2.03. The van der Waals surface area contributed by atoms with E-state index in [2.05, 4.69) is 26.0 Å².